The number of thiazole rings is 1. The van der Waals surface area contributed by atoms with Crippen LogP contribution in [0.25, 0.3) is 21.0 Å². The van der Waals surface area contributed by atoms with Gasteiger partial charge in [-0.25, -0.2) is 4.98 Å². The van der Waals surface area contributed by atoms with E-state index in [1.807, 2.05) is 0 Å². The molecule has 0 saturated carbocycles. The lowest BCUT2D eigenvalue weighted by atomic mass is 10.1. The molecule has 3 aromatic carbocycles. The summed E-state index contributed by atoms with van der Waals surface area (Å²) >= 11 is 1.77. The molecular weight excluding hydrogens is 416 g/mol. The van der Waals surface area contributed by atoms with Gasteiger partial charge < -0.3 is 5.11 Å². The number of phenolic OH excluding ortho intramolecular Hbond substituents is 1. The van der Waals surface area contributed by atoms with Gasteiger partial charge in [-0.05, 0) is 18.4 Å². The highest BCUT2D eigenvalue weighted by Crippen LogP contribution is 2.39. The predicted molar refractivity (Wildman–Crippen MR) is 110 cm³/mol. The van der Waals surface area contributed by atoms with Crippen LogP contribution in [-0.4, -0.2) is 24.9 Å². The van der Waals surface area contributed by atoms with Crippen LogP contribution in [0.5, 0.6) is 5.75 Å². The Morgan fingerprint density at radius 1 is 0.900 bits per heavy atom. The number of nitro benzene ring substituents is 3. The van der Waals surface area contributed by atoms with Gasteiger partial charge in [-0.1, -0.05) is 30.3 Å². The lowest BCUT2D eigenvalue weighted by molar-refractivity contribution is -0.404. The van der Waals surface area contributed by atoms with Crippen molar-refractivity contribution in [1.29, 1.82) is 0 Å². The first-order valence-electron chi connectivity index (χ1n) is 8.24. The van der Waals surface area contributed by atoms with Crippen LogP contribution in [0.2, 0.25) is 0 Å². The molecule has 0 amide bonds. The molecule has 0 fully saturated rings. The summed E-state index contributed by atoms with van der Waals surface area (Å²) in [5.41, 5.74) is -1.88. The Morgan fingerprint density at radius 2 is 1.50 bits per heavy atom. The zero-order valence-electron chi connectivity index (χ0n) is 15.2. The second kappa shape index (κ2) is 8.05. The Hall–Kier alpha value is -4.19. The molecule has 0 unspecified atom stereocenters. The van der Waals surface area contributed by atoms with Crippen molar-refractivity contribution >= 4 is 49.4 Å². The summed E-state index contributed by atoms with van der Waals surface area (Å²) in [4.78, 5) is 32.3. The Morgan fingerprint density at radius 3 is 2.07 bits per heavy atom. The van der Waals surface area contributed by atoms with Gasteiger partial charge in [-0.3, -0.25) is 30.3 Å². The number of fused-ring (bicyclic) bond motifs is 3. The van der Waals surface area contributed by atoms with Crippen LogP contribution in [0.15, 0.2) is 48.5 Å². The maximum absolute atomic E-state index is 10.4. The fourth-order valence-corrected chi connectivity index (χ4v) is 3.69. The first-order valence-corrected chi connectivity index (χ1v) is 9.05. The fourth-order valence-electron chi connectivity index (χ4n) is 2.74. The summed E-state index contributed by atoms with van der Waals surface area (Å²) in [5.74, 6) is -1.21. The standard InChI is InChI=1S/C12H9NS.C6H3N3O7/c1-8-13-11-7-6-9-4-2-3-5-10(9)12(11)14-8;10-6-4(8(13)14)1-3(7(11)12)2-5(6)9(15)16/h2-7H,1H3;1-2,10H. The average molecular weight is 428 g/mol. The first kappa shape index (κ1) is 20.5. The van der Waals surface area contributed by atoms with Crippen molar-refractivity contribution in [3.05, 3.63) is 83.9 Å². The Balaban J connectivity index is 0.000000171. The van der Waals surface area contributed by atoms with Gasteiger partial charge in [0, 0.05) is 5.39 Å². The van der Waals surface area contributed by atoms with E-state index in [1.165, 1.54) is 15.5 Å². The highest BCUT2D eigenvalue weighted by atomic mass is 32.1. The highest BCUT2D eigenvalue weighted by Gasteiger charge is 2.30. The molecule has 0 bridgehead atoms. The average Bonchev–Trinajstić information content (AvgIpc) is 3.08. The van der Waals surface area contributed by atoms with Crippen molar-refractivity contribution in [2.75, 3.05) is 0 Å². The Labute approximate surface area is 171 Å². The molecule has 30 heavy (non-hydrogen) atoms. The van der Waals surface area contributed by atoms with Crippen molar-refractivity contribution in [2.24, 2.45) is 0 Å². The van der Waals surface area contributed by atoms with Crippen LogP contribution >= 0.6 is 11.3 Å². The quantitative estimate of drug-likeness (QED) is 0.356. The molecule has 0 aliphatic rings. The number of aromatic nitrogens is 1. The Bertz CT molecular complexity index is 1280. The number of hydrogen-bond acceptors (Lipinski definition) is 9. The lowest BCUT2D eigenvalue weighted by Gasteiger charge is -1.97. The molecule has 4 aromatic rings. The van der Waals surface area contributed by atoms with E-state index in [1.54, 1.807) is 11.3 Å². The third kappa shape index (κ3) is 3.98. The SMILES string of the molecule is Cc1nc2ccc3ccccc3c2s1.O=[N+]([O-])c1cc([N+](=O)[O-])c(O)c([N+](=O)[O-])c1. The van der Waals surface area contributed by atoms with Crippen LogP contribution in [0, 0.1) is 37.3 Å². The first-order chi connectivity index (χ1) is 14.2. The summed E-state index contributed by atoms with van der Waals surface area (Å²) in [6, 6.07) is 13.6. The summed E-state index contributed by atoms with van der Waals surface area (Å²) in [7, 11) is 0. The molecule has 11 nitrogen and oxygen atoms in total. The smallest absolute Gasteiger partial charge is 0.324 e. The summed E-state index contributed by atoms with van der Waals surface area (Å²) in [6.45, 7) is 2.06. The van der Waals surface area contributed by atoms with Gasteiger partial charge >= 0.3 is 11.4 Å². The highest BCUT2D eigenvalue weighted by molar-refractivity contribution is 7.19. The molecule has 1 N–H and O–H groups in total. The van der Waals surface area contributed by atoms with E-state index in [4.69, 9.17) is 5.11 Å². The summed E-state index contributed by atoms with van der Waals surface area (Å²) in [5, 5.41) is 44.0. The monoisotopic (exact) mass is 428 g/mol. The molecule has 0 radical (unpaired) electrons. The third-order valence-electron chi connectivity index (χ3n) is 4.05. The van der Waals surface area contributed by atoms with E-state index in [0.29, 0.717) is 12.1 Å². The largest absolute Gasteiger partial charge is 0.497 e. The number of phenols is 1. The topological polar surface area (TPSA) is 163 Å². The van der Waals surface area contributed by atoms with Crippen molar-refractivity contribution in [2.45, 2.75) is 6.92 Å². The maximum Gasteiger partial charge on any atom is 0.324 e. The van der Waals surface area contributed by atoms with Gasteiger partial charge in [0.1, 0.15) is 0 Å². The van der Waals surface area contributed by atoms with Crippen LogP contribution in [0.3, 0.4) is 0 Å². The van der Waals surface area contributed by atoms with E-state index in [2.05, 4.69) is 48.3 Å². The predicted octanol–water partition coefficient (Wildman–Crippen LogP) is 4.87. The second-order valence-electron chi connectivity index (χ2n) is 5.97. The fraction of sp³-hybridized carbons (Fsp3) is 0.0556. The van der Waals surface area contributed by atoms with Crippen LogP contribution in [0.1, 0.15) is 5.01 Å². The molecule has 0 atom stereocenters. The van der Waals surface area contributed by atoms with E-state index >= 15 is 0 Å². The van der Waals surface area contributed by atoms with Gasteiger partial charge in [0.05, 0.1) is 42.1 Å². The van der Waals surface area contributed by atoms with Crippen LogP contribution < -0.4 is 0 Å². The van der Waals surface area contributed by atoms with E-state index in [0.717, 1.165) is 10.5 Å². The summed E-state index contributed by atoms with van der Waals surface area (Å²) < 4.78 is 1.31. The zero-order valence-corrected chi connectivity index (χ0v) is 16.0. The van der Waals surface area contributed by atoms with E-state index < -0.39 is 37.6 Å². The maximum atomic E-state index is 10.4. The Kier molecular flexibility index (Phi) is 5.51. The number of non-ortho nitro benzene ring substituents is 1. The number of rotatable bonds is 3. The zero-order chi connectivity index (χ0) is 22.0. The number of hydrogen-bond donors (Lipinski definition) is 1. The van der Waals surface area contributed by atoms with Gasteiger partial charge in [0.25, 0.3) is 11.4 Å². The molecule has 152 valence electrons. The van der Waals surface area contributed by atoms with Crippen molar-refractivity contribution in [1.82, 2.24) is 4.98 Å². The number of nitrogens with zero attached hydrogens (tertiary/aromatic N) is 4. The molecule has 0 saturated heterocycles. The van der Waals surface area contributed by atoms with Crippen molar-refractivity contribution in [3.63, 3.8) is 0 Å². The molecule has 0 spiro atoms. The molecule has 4 rings (SSSR count). The molecule has 0 aliphatic heterocycles. The van der Waals surface area contributed by atoms with Crippen LogP contribution in [-0.2, 0) is 0 Å². The van der Waals surface area contributed by atoms with Crippen LogP contribution in [0.4, 0.5) is 17.1 Å². The number of nitro groups is 3. The minimum Gasteiger partial charge on any atom is -0.497 e. The van der Waals surface area contributed by atoms with Gasteiger partial charge in [-0.15, -0.1) is 11.3 Å². The second-order valence-corrected chi connectivity index (χ2v) is 7.17. The van der Waals surface area contributed by atoms with E-state index in [9.17, 15) is 30.3 Å². The molecule has 1 aromatic heterocycles. The molecule has 0 aliphatic carbocycles. The normalized spacial score (nSPS) is 10.4. The van der Waals surface area contributed by atoms with Gasteiger partial charge in [0.2, 0.25) is 0 Å². The number of aryl methyl sites for hydroxylation is 1. The number of aromatic hydroxyl groups is 1. The van der Waals surface area contributed by atoms with Crippen molar-refractivity contribution < 1.29 is 19.9 Å². The molecule has 1 heterocycles. The van der Waals surface area contributed by atoms with Gasteiger partial charge in [0.15, 0.2) is 0 Å². The number of benzene rings is 3. The molecule has 12 heteroatoms. The molecular formula is C18H12N4O7S. The van der Waals surface area contributed by atoms with Crippen molar-refractivity contribution in [3.8, 4) is 5.75 Å². The minimum absolute atomic E-state index is 0.447. The minimum atomic E-state index is -1.21. The lowest BCUT2D eigenvalue weighted by Crippen LogP contribution is -1.97. The summed E-state index contributed by atoms with van der Waals surface area (Å²) in [6.07, 6.45) is 0. The third-order valence-corrected chi connectivity index (χ3v) is 5.07. The van der Waals surface area contributed by atoms with Gasteiger partial charge in [-0.2, -0.15) is 0 Å². The van der Waals surface area contributed by atoms with E-state index in [-0.39, 0.29) is 0 Å².